The van der Waals surface area contributed by atoms with Crippen LogP contribution in [0.2, 0.25) is 5.02 Å². The molecular weight excluding hydrogens is 452 g/mol. The van der Waals surface area contributed by atoms with E-state index in [0.29, 0.717) is 11.1 Å². The second kappa shape index (κ2) is 7.12. The maximum absolute atomic E-state index is 13.6. The molecule has 2 aromatic carbocycles. The number of alkyl halides is 2. The molecule has 0 unspecified atom stereocenters. The summed E-state index contributed by atoms with van der Waals surface area (Å²) in [5.74, 6) is -2.92. The van der Waals surface area contributed by atoms with Gasteiger partial charge in [-0.2, -0.15) is 0 Å². The molecule has 3 atom stereocenters. The molecule has 0 spiro atoms. The second-order valence-electron chi connectivity index (χ2n) is 7.19. The number of phenols is 1. The van der Waals surface area contributed by atoms with Gasteiger partial charge in [0.15, 0.2) is 9.75 Å². The number of phenolic OH excluding ortho intramolecular Hbond substituents is 1. The van der Waals surface area contributed by atoms with Gasteiger partial charge in [-0.15, -0.1) is 23.2 Å². The minimum absolute atomic E-state index is 0.00607. The van der Waals surface area contributed by atoms with Crippen LogP contribution in [0.3, 0.4) is 0 Å². The molecule has 4 nitrogen and oxygen atoms in total. The molecular formula is C22H15Cl3FNO3. The summed E-state index contributed by atoms with van der Waals surface area (Å²) in [6.45, 7) is 3.79. The highest BCUT2D eigenvalue weighted by atomic mass is 35.5. The third kappa shape index (κ3) is 2.73. The average molecular weight is 467 g/mol. The molecule has 2 aromatic rings. The van der Waals surface area contributed by atoms with Crippen LogP contribution in [0.5, 0.6) is 5.75 Å². The first kappa shape index (κ1) is 20.9. The molecule has 2 aliphatic rings. The van der Waals surface area contributed by atoms with Gasteiger partial charge in [0.1, 0.15) is 11.6 Å². The number of nitrogens with zero attached hydrogens (tertiary/aromatic N) is 1. The first-order chi connectivity index (χ1) is 14.1. The van der Waals surface area contributed by atoms with E-state index in [9.17, 15) is 19.1 Å². The molecule has 0 radical (unpaired) electrons. The zero-order chi connectivity index (χ0) is 21.8. The monoisotopic (exact) mass is 465 g/mol. The summed E-state index contributed by atoms with van der Waals surface area (Å²) in [5, 5.41) is 9.89. The van der Waals surface area contributed by atoms with Gasteiger partial charge in [-0.05, 0) is 54.0 Å². The van der Waals surface area contributed by atoms with Crippen molar-refractivity contribution in [2.45, 2.75) is 22.1 Å². The molecule has 154 valence electrons. The van der Waals surface area contributed by atoms with Gasteiger partial charge < -0.3 is 5.11 Å². The van der Waals surface area contributed by atoms with Crippen molar-refractivity contribution in [2.24, 2.45) is 0 Å². The van der Waals surface area contributed by atoms with E-state index in [1.165, 1.54) is 36.4 Å². The molecule has 1 fully saturated rings. The Kier molecular flexibility index (Phi) is 4.96. The smallest absolute Gasteiger partial charge is 0.258 e. The first-order valence-electron chi connectivity index (χ1n) is 8.98. The van der Waals surface area contributed by atoms with Crippen molar-refractivity contribution < 1.29 is 19.1 Å². The van der Waals surface area contributed by atoms with Gasteiger partial charge >= 0.3 is 0 Å². The number of fused-ring (bicyclic) bond motifs is 1. The summed E-state index contributed by atoms with van der Waals surface area (Å²) in [6, 6.07) is 9.17. The van der Waals surface area contributed by atoms with Crippen LogP contribution in [0.15, 0.2) is 66.8 Å². The molecule has 1 saturated heterocycles. The standard InChI is InChI=1S/C22H15Cl3FNO3/c1-2-12-9-10-21(24)19(29)27(14-5-3-13(26)4-6-14)20(30)22(21,25)18(12)16-8-7-15(28)11-17(16)23/h2-9,11,18,28H,1,10H2/t18-,21-,22+/m1/s1. The van der Waals surface area contributed by atoms with Crippen LogP contribution in [-0.2, 0) is 9.59 Å². The lowest BCUT2D eigenvalue weighted by molar-refractivity contribution is -0.122. The third-order valence-electron chi connectivity index (χ3n) is 5.60. The Bertz CT molecular complexity index is 1120. The Morgan fingerprint density at radius 2 is 1.80 bits per heavy atom. The van der Waals surface area contributed by atoms with Crippen molar-refractivity contribution >= 4 is 52.3 Å². The van der Waals surface area contributed by atoms with Crippen molar-refractivity contribution in [2.75, 3.05) is 4.90 Å². The van der Waals surface area contributed by atoms with Crippen molar-refractivity contribution in [1.29, 1.82) is 0 Å². The Hall–Kier alpha value is -2.34. The molecule has 0 aromatic heterocycles. The van der Waals surface area contributed by atoms with E-state index in [-0.39, 0.29) is 22.9 Å². The molecule has 0 saturated carbocycles. The number of hydrogen-bond donors (Lipinski definition) is 1. The summed E-state index contributed by atoms with van der Waals surface area (Å²) < 4.78 is 13.4. The summed E-state index contributed by atoms with van der Waals surface area (Å²) in [6.07, 6.45) is 3.23. The van der Waals surface area contributed by atoms with Crippen molar-refractivity contribution in [1.82, 2.24) is 0 Å². The highest BCUT2D eigenvalue weighted by molar-refractivity contribution is 6.58. The molecule has 1 aliphatic heterocycles. The summed E-state index contributed by atoms with van der Waals surface area (Å²) in [7, 11) is 0. The maximum atomic E-state index is 13.6. The number of anilines is 1. The van der Waals surface area contributed by atoms with E-state index >= 15 is 0 Å². The predicted octanol–water partition coefficient (Wildman–Crippen LogP) is 5.31. The van der Waals surface area contributed by atoms with Crippen molar-refractivity contribution in [3.8, 4) is 5.75 Å². The predicted molar refractivity (Wildman–Crippen MR) is 115 cm³/mol. The van der Waals surface area contributed by atoms with Gasteiger partial charge in [0.05, 0.1) is 5.69 Å². The Balaban J connectivity index is 1.94. The number of carbonyl (C=O) groups excluding carboxylic acids is 2. The van der Waals surface area contributed by atoms with E-state index < -0.39 is 33.3 Å². The quantitative estimate of drug-likeness (QED) is 0.492. The minimum Gasteiger partial charge on any atom is -0.508 e. The van der Waals surface area contributed by atoms with Crippen LogP contribution in [0.4, 0.5) is 10.1 Å². The van der Waals surface area contributed by atoms with Crippen LogP contribution in [0.25, 0.3) is 0 Å². The molecule has 1 heterocycles. The molecule has 30 heavy (non-hydrogen) atoms. The molecule has 4 rings (SSSR count). The molecule has 2 amide bonds. The van der Waals surface area contributed by atoms with Crippen LogP contribution >= 0.6 is 34.8 Å². The second-order valence-corrected chi connectivity index (χ2v) is 8.83. The maximum Gasteiger partial charge on any atom is 0.258 e. The van der Waals surface area contributed by atoms with Crippen LogP contribution in [0.1, 0.15) is 17.9 Å². The Morgan fingerprint density at radius 3 is 2.40 bits per heavy atom. The fourth-order valence-electron chi connectivity index (χ4n) is 4.12. The summed E-state index contributed by atoms with van der Waals surface area (Å²) in [4.78, 5) is 24.1. The topological polar surface area (TPSA) is 57.6 Å². The van der Waals surface area contributed by atoms with Crippen LogP contribution in [0, 0.1) is 5.82 Å². The lowest BCUT2D eigenvalue weighted by Crippen LogP contribution is -2.55. The number of aromatic hydroxyl groups is 1. The van der Waals surface area contributed by atoms with E-state index in [1.54, 1.807) is 6.08 Å². The largest absolute Gasteiger partial charge is 0.508 e. The van der Waals surface area contributed by atoms with Crippen LogP contribution in [-0.4, -0.2) is 26.7 Å². The van der Waals surface area contributed by atoms with Crippen molar-refractivity contribution in [3.05, 3.63) is 83.2 Å². The van der Waals surface area contributed by atoms with E-state index in [4.69, 9.17) is 34.8 Å². The lowest BCUT2D eigenvalue weighted by Gasteiger charge is -2.42. The number of carbonyl (C=O) groups is 2. The zero-order valence-corrected chi connectivity index (χ0v) is 17.7. The van der Waals surface area contributed by atoms with Gasteiger partial charge in [-0.1, -0.05) is 36.4 Å². The Morgan fingerprint density at radius 1 is 1.13 bits per heavy atom. The minimum atomic E-state index is -1.92. The van der Waals surface area contributed by atoms with Gasteiger partial charge in [-0.3, -0.25) is 9.59 Å². The fourth-order valence-corrected chi connectivity index (χ4v) is 5.24. The molecule has 1 N–H and O–H groups in total. The van der Waals surface area contributed by atoms with E-state index in [2.05, 4.69) is 6.58 Å². The SMILES string of the molecule is C=CC1=CC[C@@]2(Cl)C(=O)N(c3ccc(F)cc3)C(=O)[C@@]2(Cl)[C@H]1c1ccc(O)cc1Cl. The number of halogens is 4. The zero-order valence-electron chi connectivity index (χ0n) is 15.4. The summed E-state index contributed by atoms with van der Waals surface area (Å²) in [5.41, 5.74) is 1.16. The van der Waals surface area contributed by atoms with Gasteiger partial charge in [-0.25, -0.2) is 9.29 Å². The van der Waals surface area contributed by atoms with Gasteiger partial charge in [0, 0.05) is 10.9 Å². The van der Waals surface area contributed by atoms with Crippen LogP contribution < -0.4 is 4.90 Å². The number of amides is 2. The summed E-state index contributed by atoms with van der Waals surface area (Å²) >= 11 is 20.2. The Labute approximate surface area is 187 Å². The van der Waals surface area contributed by atoms with Crippen molar-refractivity contribution in [3.63, 3.8) is 0 Å². The van der Waals surface area contributed by atoms with Gasteiger partial charge in [0.2, 0.25) is 0 Å². The number of benzene rings is 2. The van der Waals surface area contributed by atoms with E-state index in [1.807, 2.05) is 0 Å². The highest BCUT2D eigenvalue weighted by Gasteiger charge is 2.73. The molecule has 0 bridgehead atoms. The fraction of sp³-hybridized carbons (Fsp3) is 0.182. The lowest BCUT2D eigenvalue weighted by atomic mass is 9.68. The van der Waals surface area contributed by atoms with E-state index in [0.717, 1.165) is 17.0 Å². The highest BCUT2D eigenvalue weighted by Crippen LogP contribution is 2.60. The normalized spacial score (nSPS) is 28.3. The number of allylic oxidation sites excluding steroid dienone is 3. The average Bonchev–Trinajstić information content (AvgIpc) is 2.86. The first-order valence-corrected chi connectivity index (χ1v) is 10.1. The molecule has 8 heteroatoms. The number of rotatable bonds is 3. The third-order valence-corrected chi connectivity index (χ3v) is 7.34. The van der Waals surface area contributed by atoms with Gasteiger partial charge in [0.25, 0.3) is 11.8 Å². The molecule has 1 aliphatic carbocycles. The number of imide groups is 1. The number of hydrogen-bond acceptors (Lipinski definition) is 3.